The van der Waals surface area contributed by atoms with Crippen LogP contribution in [0.2, 0.25) is 5.02 Å². The summed E-state index contributed by atoms with van der Waals surface area (Å²) in [6.45, 7) is 10.1. The maximum Gasteiger partial charge on any atom is 0.407 e. The zero-order valence-corrected chi connectivity index (χ0v) is 14.1. The maximum absolute atomic E-state index is 11.6. The highest BCUT2D eigenvalue weighted by atomic mass is 35.5. The number of carbonyl (C=O) groups is 1. The van der Waals surface area contributed by atoms with E-state index in [1.165, 1.54) is 0 Å². The Morgan fingerprint density at radius 2 is 1.81 bits per heavy atom. The van der Waals surface area contributed by atoms with Gasteiger partial charge in [0.1, 0.15) is 5.60 Å². The molecule has 1 aromatic rings. The fraction of sp³-hybridized carbons (Fsp3) is 0.562. The number of nitrogens with one attached hydrogen (secondary N) is 2. The van der Waals surface area contributed by atoms with Crippen molar-refractivity contribution in [3.63, 3.8) is 0 Å². The van der Waals surface area contributed by atoms with Gasteiger partial charge in [-0.25, -0.2) is 4.79 Å². The Labute approximate surface area is 132 Å². The average Bonchev–Trinajstić information content (AvgIpc) is 2.35. The predicted octanol–water partition coefficient (Wildman–Crippen LogP) is 3.90. The zero-order valence-electron chi connectivity index (χ0n) is 13.4. The smallest absolute Gasteiger partial charge is 0.407 e. The summed E-state index contributed by atoms with van der Waals surface area (Å²) in [5, 5.41) is 6.91. The molecule has 0 spiro atoms. The van der Waals surface area contributed by atoms with E-state index >= 15 is 0 Å². The van der Waals surface area contributed by atoms with E-state index in [4.69, 9.17) is 16.3 Å². The van der Waals surface area contributed by atoms with E-state index in [1.807, 2.05) is 52.0 Å². The van der Waals surface area contributed by atoms with Crippen LogP contribution in [0.3, 0.4) is 0 Å². The SMILES string of the molecule is CC(CNC(=O)OC(C)(C)C)NC(C)c1ccc(Cl)cc1. The minimum absolute atomic E-state index is 0.128. The summed E-state index contributed by atoms with van der Waals surface area (Å²) in [5.41, 5.74) is 0.681. The summed E-state index contributed by atoms with van der Waals surface area (Å²) in [5.74, 6) is 0. The molecule has 2 atom stereocenters. The van der Waals surface area contributed by atoms with Gasteiger partial charge >= 0.3 is 6.09 Å². The normalized spacial score (nSPS) is 14.4. The molecule has 1 rings (SSSR count). The number of ether oxygens (including phenoxy) is 1. The van der Waals surface area contributed by atoms with Crippen LogP contribution in [0.15, 0.2) is 24.3 Å². The summed E-state index contributed by atoms with van der Waals surface area (Å²) in [7, 11) is 0. The number of hydrogen-bond donors (Lipinski definition) is 2. The highest BCUT2D eigenvalue weighted by Crippen LogP contribution is 2.16. The molecule has 1 aromatic carbocycles. The minimum Gasteiger partial charge on any atom is -0.444 e. The first-order valence-electron chi connectivity index (χ1n) is 7.16. The minimum atomic E-state index is -0.475. The Bertz CT molecular complexity index is 454. The molecule has 2 N–H and O–H groups in total. The molecule has 0 aromatic heterocycles. The highest BCUT2D eigenvalue weighted by molar-refractivity contribution is 6.30. The Balaban J connectivity index is 2.38. The van der Waals surface area contributed by atoms with Crippen LogP contribution >= 0.6 is 11.6 Å². The summed E-state index contributed by atoms with van der Waals surface area (Å²) in [6, 6.07) is 8.04. The fourth-order valence-electron chi connectivity index (χ4n) is 1.88. The Morgan fingerprint density at radius 3 is 2.33 bits per heavy atom. The molecule has 0 aliphatic rings. The van der Waals surface area contributed by atoms with E-state index in [0.29, 0.717) is 6.54 Å². The van der Waals surface area contributed by atoms with Crippen molar-refractivity contribution < 1.29 is 9.53 Å². The number of hydrogen-bond acceptors (Lipinski definition) is 3. The van der Waals surface area contributed by atoms with Crippen LogP contribution in [0.25, 0.3) is 0 Å². The van der Waals surface area contributed by atoms with Crippen molar-refractivity contribution >= 4 is 17.7 Å². The molecule has 0 bridgehead atoms. The van der Waals surface area contributed by atoms with Crippen molar-refractivity contribution in [2.75, 3.05) is 6.54 Å². The third-order valence-electron chi connectivity index (χ3n) is 2.86. The van der Waals surface area contributed by atoms with E-state index < -0.39 is 11.7 Å². The second kappa shape index (κ2) is 7.66. The Morgan fingerprint density at radius 1 is 1.24 bits per heavy atom. The highest BCUT2D eigenvalue weighted by Gasteiger charge is 2.17. The van der Waals surface area contributed by atoms with Gasteiger partial charge < -0.3 is 15.4 Å². The van der Waals surface area contributed by atoms with Crippen LogP contribution in [0, 0.1) is 0 Å². The standard InChI is InChI=1S/C16H25ClN2O2/c1-11(10-18-15(20)21-16(3,4)5)19-12(2)13-6-8-14(17)9-7-13/h6-9,11-12,19H,10H2,1-5H3,(H,18,20). The summed E-state index contributed by atoms with van der Waals surface area (Å²) in [4.78, 5) is 11.6. The molecule has 1 amide bonds. The molecular formula is C16H25ClN2O2. The van der Waals surface area contributed by atoms with Crippen LogP contribution in [0.4, 0.5) is 4.79 Å². The van der Waals surface area contributed by atoms with Crippen molar-refractivity contribution in [1.29, 1.82) is 0 Å². The van der Waals surface area contributed by atoms with Gasteiger partial charge in [0.05, 0.1) is 0 Å². The number of halogens is 1. The maximum atomic E-state index is 11.6. The largest absolute Gasteiger partial charge is 0.444 e. The first-order chi connectivity index (χ1) is 9.67. The molecule has 5 heteroatoms. The van der Waals surface area contributed by atoms with Gasteiger partial charge in [-0.2, -0.15) is 0 Å². The topological polar surface area (TPSA) is 50.4 Å². The second-order valence-electron chi connectivity index (χ2n) is 6.22. The molecule has 0 aliphatic carbocycles. The third kappa shape index (κ3) is 7.34. The van der Waals surface area contributed by atoms with E-state index in [2.05, 4.69) is 17.6 Å². The molecule has 0 saturated heterocycles. The molecule has 0 fully saturated rings. The van der Waals surface area contributed by atoms with Crippen molar-refractivity contribution in [3.8, 4) is 0 Å². The lowest BCUT2D eigenvalue weighted by atomic mass is 10.1. The van der Waals surface area contributed by atoms with Crippen LogP contribution in [-0.2, 0) is 4.74 Å². The van der Waals surface area contributed by atoms with Crippen molar-refractivity contribution in [2.24, 2.45) is 0 Å². The van der Waals surface area contributed by atoms with Gasteiger partial charge in [-0.1, -0.05) is 23.7 Å². The van der Waals surface area contributed by atoms with Crippen molar-refractivity contribution in [2.45, 2.75) is 52.3 Å². The van der Waals surface area contributed by atoms with Gasteiger partial charge in [-0.3, -0.25) is 0 Å². The molecule has 2 unspecified atom stereocenters. The van der Waals surface area contributed by atoms with Gasteiger partial charge in [-0.15, -0.1) is 0 Å². The number of rotatable bonds is 5. The second-order valence-corrected chi connectivity index (χ2v) is 6.66. The number of alkyl carbamates (subject to hydrolysis) is 1. The Hall–Kier alpha value is -1.26. The van der Waals surface area contributed by atoms with Crippen LogP contribution < -0.4 is 10.6 Å². The van der Waals surface area contributed by atoms with Crippen LogP contribution in [0.5, 0.6) is 0 Å². The lowest BCUT2D eigenvalue weighted by Crippen LogP contribution is -2.41. The lowest BCUT2D eigenvalue weighted by Gasteiger charge is -2.23. The number of carbonyl (C=O) groups excluding carboxylic acids is 1. The lowest BCUT2D eigenvalue weighted by molar-refractivity contribution is 0.0522. The van der Waals surface area contributed by atoms with Gasteiger partial charge in [0, 0.05) is 23.7 Å². The van der Waals surface area contributed by atoms with Crippen molar-refractivity contribution in [1.82, 2.24) is 10.6 Å². The molecule has 0 saturated carbocycles. The predicted molar refractivity (Wildman–Crippen MR) is 86.7 cm³/mol. The summed E-state index contributed by atoms with van der Waals surface area (Å²) < 4.78 is 5.20. The summed E-state index contributed by atoms with van der Waals surface area (Å²) >= 11 is 5.88. The number of amides is 1. The Kier molecular flexibility index (Phi) is 6.49. The van der Waals surface area contributed by atoms with Crippen molar-refractivity contribution in [3.05, 3.63) is 34.9 Å². The quantitative estimate of drug-likeness (QED) is 0.867. The van der Waals surface area contributed by atoms with E-state index in [9.17, 15) is 4.79 Å². The monoisotopic (exact) mass is 312 g/mol. The number of benzene rings is 1. The first-order valence-corrected chi connectivity index (χ1v) is 7.53. The first kappa shape index (κ1) is 17.8. The van der Waals surface area contributed by atoms with E-state index in [1.54, 1.807) is 0 Å². The zero-order chi connectivity index (χ0) is 16.0. The molecule has 0 aliphatic heterocycles. The molecule has 0 radical (unpaired) electrons. The fourth-order valence-corrected chi connectivity index (χ4v) is 2.01. The molecule has 0 heterocycles. The van der Waals surface area contributed by atoms with E-state index in [0.717, 1.165) is 10.6 Å². The van der Waals surface area contributed by atoms with Crippen LogP contribution in [0.1, 0.15) is 46.2 Å². The molecule has 4 nitrogen and oxygen atoms in total. The molecular weight excluding hydrogens is 288 g/mol. The molecule has 21 heavy (non-hydrogen) atoms. The van der Waals surface area contributed by atoms with Crippen LogP contribution in [-0.4, -0.2) is 24.3 Å². The third-order valence-corrected chi connectivity index (χ3v) is 3.11. The van der Waals surface area contributed by atoms with Gasteiger partial charge in [0.15, 0.2) is 0 Å². The van der Waals surface area contributed by atoms with E-state index in [-0.39, 0.29) is 12.1 Å². The van der Waals surface area contributed by atoms with Gasteiger partial charge in [0.25, 0.3) is 0 Å². The summed E-state index contributed by atoms with van der Waals surface area (Å²) in [6.07, 6.45) is -0.393. The van der Waals surface area contributed by atoms with Gasteiger partial charge in [0.2, 0.25) is 0 Å². The average molecular weight is 313 g/mol. The van der Waals surface area contributed by atoms with Gasteiger partial charge in [-0.05, 0) is 52.3 Å². The molecule has 118 valence electrons.